The van der Waals surface area contributed by atoms with E-state index in [2.05, 4.69) is 103 Å². The first kappa shape index (κ1) is 21.1. The van der Waals surface area contributed by atoms with Crippen molar-refractivity contribution in [3.05, 3.63) is 126 Å². The second kappa shape index (κ2) is 10.3. The predicted octanol–water partition coefficient (Wildman–Crippen LogP) is 6.17. The molecule has 0 saturated heterocycles. The molecule has 0 unspecified atom stereocenters. The van der Waals surface area contributed by atoms with E-state index in [1.54, 1.807) is 0 Å². The van der Waals surface area contributed by atoms with Crippen LogP contribution in [-0.2, 0) is 13.3 Å². The number of nitrogens with zero attached hydrogens (tertiary/aromatic N) is 2. The van der Waals surface area contributed by atoms with Crippen LogP contribution >= 0.6 is 8.95 Å². The molecule has 0 amide bonds. The summed E-state index contributed by atoms with van der Waals surface area (Å²) in [5.74, 6) is 0. The van der Waals surface area contributed by atoms with Crippen LogP contribution in [0.25, 0.3) is 0 Å². The van der Waals surface area contributed by atoms with Crippen molar-refractivity contribution >= 4 is 25.9 Å². The van der Waals surface area contributed by atoms with Crippen molar-refractivity contribution in [1.82, 2.24) is 9.97 Å². The van der Waals surface area contributed by atoms with Crippen LogP contribution in [0.15, 0.2) is 108 Å². The Labute approximate surface area is 186 Å². The Morgan fingerprint density at radius 3 is 1.47 bits per heavy atom. The molecule has 3 aromatic carbocycles. The fraction of sp³-hybridized carbons (Fsp3) is 0.154. The van der Waals surface area contributed by atoms with Crippen LogP contribution in [0.1, 0.15) is 22.4 Å². The molecule has 1 heterocycles. The monoisotopic (exact) mass is 518 g/mol. The van der Waals surface area contributed by atoms with Crippen LogP contribution in [-0.4, -0.2) is 27.0 Å². The summed E-state index contributed by atoms with van der Waals surface area (Å²) in [6.07, 6.45) is 1.90. The van der Waals surface area contributed by atoms with E-state index in [9.17, 15) is 0 Å². The Morgan fingerprint density at radius 1 is 0.633 bits per heavy atom. The fourth-order valence-electron chi connectivity index (χ4n) is 3.87. The van der Waals surface area contributed by atoms with Crippen LogP contribution in [0.3, 0.4) is 0 Å². The van der Waals surface area contributed by atoms with E-state index in [0.717, 1.165) is 24.2 Å². The quantitative estimate of drug-likeness (QED) is 0.207. The standard InChI is InChI=1S/3C7H7.C5H6N2S.Sn/c3*1-7-5-3-2-4-6-7;1-4-2-3-6-5(8)7-4;/h3*2-6H,1H2;2-3H,1H3,(H,6,7,8);/q;;;;+1/p-1. The van der Waals surface area contributed by atoms with Gasteiger partial charge in [-0.15, -0.1) is 0 Å². The van der Waals surface area contributed by atoms with Crippen molar-refractivity contribution < 1.29 is 0 Å². The molecule has 0 saturated carbocycles. The van der Waals surface area contributed by atoms with Gasteiger partial charge in [-0.2, -0.15) is 0 Å². The van der Waals surface area contributed by atoms with Gasteiger partial charge in [0.25, 0.3) is 0 Å². The molecular weight excluding hydrogens is 491 g/mol. The molecule has 4 rings (SSSR count). The van der Waals surface area contributed by atoms with Crippen molar-refractivity contribution in [2.75, 3.05) is 0 Å². The zero-order chi connectivity index (χ0) is 20.7. The number of aryl methyl sites for hydroxylation is 1. The van der Waals surface area contributed by atoms with Gasteiger partial charge in [0, 0.05) is 0 Å². The van der Waals surface area contributed by atoms with Gasteiger partial charge >= 0.3 is 187 Å². The van der Waals surface area contributed by atoms with E-state index < -0.39 is 17.0 Å². The zero-order valence-electron chi connectivity index (χ0n) is 17.2. The number of benzene rings is 3. The maximum absolute atomic E-state index is 4.79. The van der Waals surface area contributed by atoms with Crippen molar-refractivity contribution in [2.24, 2.45) is 0 Å². The maximum atomic E-state index is 4.79. The van der Waals surface area contributed by atoms with E-state index in [4.69, 9.17) is 4.98 Å². The van der Waals surface area contributed by atoms with Crippen molar-refractivity contribution in [2.45, 2.75) is 25.4 Å². The summed E-state index contributed by atoms with van der Waals surface area (Å²) in [7, 11) is 2.02. The third kappa shape index (κ3) is 5.96. The number of aromatic nitrogens is 2. The summed E-state index contributed by atoms with van der Waals surface area (Å²) in [4.78, 5) is 9.44. The molecule has 2 nitrogen and oxygen atoms in total. The average molecular weight is 517 g/mol. The molecule has 0 bridgehead atoms. The normalized spacial score (nSPS) is 11.4. The van der Waals surface area contributed by atoms with E-state index in [-0.39, 0.29) is 0 Å². The van der Waals surface area contributed by atoms with Gasteiger partial charge in [-0.25, -0.2) is 0 Å². The van der Waals surface area contributed by atoms with Gasteiger partial charge in [-0.1, -0.05) is 0 Å². The minimum absolute atomic E-state index is 0.939. The fourth-order valence-corrected chi connectivity index (χ4v) is 23.6. The van der Waals surface area contributed by atoms with Crippen LogP contribution in [0.2, 0.25) is 0 Å². The van der Waals surface area contributed by atoms with E-state index >= 15 is 0 Å². The third-order valence-corrected chi connectivity index (χ3v) is 23.2. The molecule has 0 fully saturated rings. The number of hydrogen-bond donors (Lipinski definition) is 0. The second-order valence-corrected chi connectivity index (χ2v) is 25.7. The summed E-state index contributed by atoms with van der Waals surface area (Å²) >= 11 is -2.96. The number of rotatable bonds is 8. The second-order valence-electron chi connectivity index (χ2n) is 7.75. The molecular formula is C26H26N2SSn. The predicted molar refractivity (Wildman–Crippen MR) is 129 cm³/mol. The summed E-state index contributed by atoms with van der Waals surface area (Å²) < 4.78 is 3.46. The van der Waals surface area contributed by atoms with E-state index in [1.165, 1.54) is 16.7 Å². The Balaban J connectivity index is 1.77. The summed E-state index contributed by atoms with van der Waals surface area (Å²) in [5.41, 5.74) is 5.33. The molecule has 0 aliphatic rings. The molecule has 0 radical (unpaired) electrons. The SMILES string of the molecule is Cc1ccnc([S][Sn]([CH2]c2ccccc2)([CH2]c2ccccc2)[CH2]c2ccccc2)n1. The van der Waals surface area contributed by atoms with Crippen molar-refractivity contribution in [3.63, 3.8) is 0 Å². The van der Waals surface area contributed by atoms with Gasteiger partial charge in [0.1, 0.15) is 0 Å². The van der Waals surface area contributed by atoms with Gasteiger partial charge in [-0.3, -0.25) is 0 Å². The van der Waals surface area contributed by atoms with Gasteiger partial charge in [-0.05, 0) is 0 Å². The van der Waals surface area contributed by atoms with Gasteiger partial charge in [0.2, 0.25) is 0 Å². The van der Waals surface area contributed by atoms with Gasteiger partial charge < -0.3 is 0 Å². The first-order chi connectivity index (χ1) is 14.7. The number of hydrogen-bond acceptors (Lipinski definition) is 3. The van der Waals surface area contributed by atoms with Crippen LogP contribution in [0.4, 0.5) is 0 Å². The van der Waals surface area contributed by atoms with Crippen LogP contribution in [0, 0.1) is 6.92 Å². The molecule has 0 atom stereocenters. The molecule has 4 heteroatoms. The first-order valence-corrected chi connectivity index (χ1v) is 20.7. The summed E-state index contributed by atoms with van der Waals surface area (Å²) in [6.45, 7) is 2.05. The molecule has 0 N–H and O–H groups in total. The Hall–Kier alpha value is -2.11. The van der Waals surface area contributed by atoms with Crippen molar-refractivity contribution in [3.8, 4) is 0 Å². The molecule has 30 heavy (non-hydrogen) atoms. The summed E-state index contributed by atoms with van der Waals surface area (Å²) in [6, 6.07) is 34.9. The van der Waals surface area contributed by atoms with Gasteiger partial charge in [0.15, 0.2) is 0 Å². The zero-order valence-corrected chi connectivity index (χ0v) is 20.9. The van der Waals surface area contributed by atoms with Gasteiger partial charge in [0.05, 0.1) is 0 Å². The topological polar surface area (TPSA) is 25.8 Å². The van der Waals surface area contributed by atoms with Crippen molar-refractivity contribution in [1.29, 1.82) is 0 Å². The van der Waals surface area contributed by atoms with Crippen LogP contribution in [0.5, 0.6) is 0 Å². The third-order valence-electron chi connectivity index (χ3n) is 5.19. The Morgan fingerprint density at radius 2 is 1.07 bits per heavy atom. The molecule has 150 valence electrons. The molecule has 0 aliphatic heterocycles. The Kier molecular flexibility index (Phi) is 7.24. The molecule has 4 aromatic rings. The molecule has 0 spiro atoms. The minimum atomic E-state index is -2.96. The van der Waals surface area contributed by atoms with Crippen LogP contribution < -0.4 is 0 Å². The van der Waals surface area contributed by atoms with E-state index in [1.807, 2.05) is 21.2 Å². The first-order valence-electron chi connectivity index (χ1n) is 10.3. The molecule has 1 aromatic heterocycles. The average Bonchev–Trinajstić information content (AvgIpc) is 2.76. The summed E-state index contributed by atoms with van der Waals surface area (Å²) in [5, 5.41) is 0.939. The molecule has 0 aliphatic carbocycles. The van der Waals surface area contributed by atoms with E-state index in [0.29, 0.717) is 0 Å². The Bertz CT molecular complexity index is 954.